The van der Waals surface area contributed by atoms with E-state index in [4.69, 9.17) is 0 Å². The summed E-state index contributed by atoms with van der Waals surface area (Å²) in [6.07, 6.45) is 6.74. The smallest absolute Gasteiger partial charge is 0.0541 e. The van der Waals surface area contributed by atoms with E-state index in [1.54, 1.807) is 0 Å². The van der Waals surface area contributed by atoms with Crippen LogP contribution in [0.25, 0.3) is 193 Å². The van der Waals surface area contributed by atoms with Gasteiger partial charge in [-0.25, -0.2) is 0 Å². The monoisotopic (exact) mass is 1270 g/mol. The van der Waals surface area contributed by atoms with Crippen LogP contribution in [0.2, 0.25) is 0 Å². The van der Waals surface area contributed by atoms with Crippen molar-refractivity contribution in [1.82, 2.24) is 18.3 Å². The van der Waals surface area contributed by atoms with Crippen LogP contribution in [0.1, 0.15) is 17.5 Å². The highest BCUT2D eigenvalue weighted by atomic mass is 15.0. The first-order valence-electron chi connectivity index (χ1n) is 34.9. The third kappa shape index (κ3) is 8.47. The Morgan fingerprint density at radius 1 is 0.200 bits per heavy atom. The Morgan fingerprint density at radius 2 is 0.530 bits per heavy atom. The Morgan fingerprint density at radius 3 is 0.960 bits per heavy atom. The van der Waals surface area contributed by atoms with Crippen LogP contribution in [0.5, 0.6) is 0 Å². The summed E-state index contributed by atoms with van der Waals surface area (Å²) >= 11 is 0. The van der Waals surface area contributed by atoms with Gasteiger partial charge < -0.3 is 18.3 Å². The minimum atomic E-state index is 0.944. The molecule has 0 spiro atoms. The van der Waals surface area contributed by atoms with E-state index in [0.717, 1.165) is 41.1 Å². The van der Waals surface area contributed by atoms with Crippen molar-refractivity contribution in [1.29, 1.82) is 0 Å². The molecule has 0 saturated carbocycles. The molecule has 1 aliphatic rings. The molecule has 0 bridgehead atoms. The van der Waals surface area contributed by atoms with Crippen LogP contribution < -0.4 is 0 Å². The molecule has 20 aromatic rings. The fourth-order valence-corrected chi connectivity index (χ4v) is 17.3. The predicted octanol–water partition coefficient (Wildman–Crippen LogP) is 25.7. The summed E-state index contributed by atoms with van der Waals surface area (Å²) in [5.74, 6) is 0. The van der Waals surface area contributed by atoms with Gasteiger partial charge in [0, 0.05) is 65.8 Å². The summed E-state index contributed by atoms with van der Waals surface area (Å²) in [6, 6.07) is 127. The highest BCUT2D eigenvalue weighted by Gasteiger charge is 2.26. The highest BCUT2D eigenvalue weighted by molar-refractivity contribution is 6.16. The Labute approximate surface area is 577 Å². The minimum Gasteiger partial charge on any atom is -0.309 e. The second-order valence-corrected chi connectivity index (χ2v) is 26.9. The molecule has 1 aliphatic carbocycles. The molecule has 0 N–H and O–H groups in total. The standard InChI is InChI=1S/C96H62N4/c1-3-30-82-80(28-1)95(63-47-54-67(55-48-63)98-89-38-14-7-23-75(89)76-24-8-15-39-90(76)98)81-29-2-4-31-83(81)96(82)84-57-56-68(100-91-40-16-9-25-77(91)78-26-10-17-41-92(78)100)60-85(84)64-49-58-94-86(59-64)79-27-11-18-42-93(79)99(94)66-52-45-62(46-53-66)70-33-20-34-71-69(32-19-35-72(70)71)61-43-50-65(51-44-61)97-87-36-12-5-21-73(87)74-22-6-13-37-88(74)97/h1,3-28,30-60H,2,29H2. The van der Waals surface area contributed by atoms with Crippen LogP contribution in [-0.4, -0.2) is 18.3 Å². The molecule has 100 heavy (non-hydrogen) atoms. The SMILES string of the molecule is C1=Cc2c(c(-c3ccc(-n4c5ccccc5c5ccccc54)cc3)c3ccccc3c2-c2ccc(-n3c4ccccc4c4ccccc43)cc2-c2ccc3c(c2)c2ccccc2n3-c2ccc(-c3cccc4c(-c5ccc(-n6c7ccccc7c7ccccc76)cc5)cccc34)cc2)CC1. The second-order valence-electron chi connectivity index (χ2n) is 26.9. The maximum atomic E-state index is 2.47. The lowest BCUT2D eigenvalue weighted by atomic mass is 9.79. The predicted molar refractivity (Wildman–Crippen MR) is 423 cm³/mol. The summed E-state index contributed by atoms with van der Waals surface area (Å²) < 4.78 is 9.73. The van der Waals surface area contributed by atoms with Crippen molar-refractivity contribution in [3.63, 3.8) is 0 Å². The molecule has 0 amide bonds. The van der Waals surface area contributed by atoms with Crippen LogP contribution in [0.15, 0.2) is 346 Å². The van der Waals surface area contributed by atoms with Gasteiger partial charge in [-0.05, 0) is 204 Å². The van der Waals surface area contributed by atoms with E-state index >= 15 is 0 Å². The van der Waals surface area contributed by atoms with Crippen molar-refractivity contribution in [2.24, 2.45) is 0 Å². The van der Waals surface area contributed by atoms with E-state index < -0.39 is 0 Å². The Bertz CT molecular complexity index is 6640. The molecule has 21 rings (SSSR count). The molecular weight excluding hydrogens is 1210 g/mol. The maximum Gasteiger partial charge on any atom is 0.0541 e. The zero-order valence-corrected chi connectivity index (χ0v) is 54.7. The number of rotatable bonds is 9. The van der Waals surface area contributed by atoms with Crippen molar-refractivity contribution in [2.75, 3.05) is 0 Å². The Kier molecular flexibility index (Phi) is 12.5. The van der Waals surface area contributed by atoms with E-state index in [2.05, 4.69) is 370 Å². The summed E-state index contributed by atoms with van der Waals surface area (Å²) in [6.45, 7) is 0. The summed E-state index contributed by atoms with van der Waals surface area (Å²) in [7, 11) is 0. The molecule has 0 saturated heterocycles. The van der Waals surface area contributed by atoms with Gasteiger partial charge in [-0.15, -0.1) is 0 Å². The molecular formula is C96H62N4. The van der Waals surface area contributed by atoms with E-state index in [-0.39, 0.29) is 0 Å². The van der Waals surface area contributed by atoms with Crippen molar-refractivity contribution < 1.29 is 0 Å². The van der Waals surface area contributed by atoms with Gasteiger partial charge >= 0.3 is 0 Å². The van der Waals surface area contributed by atoms with Gasteiger partial charge in [0.05, 0.1) is 44.1 Å². The molecule has 0 radical (unpaired) electrons. The Hall–Kier alpha value is -13.0. The molecule has 466 valence electrons. The van der Waals surface area contributed by atoms with Crippen LogP contribution in [-0.2, 0) is 6.42 Å². The fourth-order valence-electron chi connectivity index (χ4n) is 17.3. The van der Waals surface area contributed by atoms with Gasteiger partial charge in [-0.1, -0.05) is 249 Å². The maximum absolute atomic E-state index is 2.47. The number of nitrogens with zero attached hydrogens (tertiary/aromatic N) is 4. The quantitative estimate of drug-likeness (QED) is 0.137. The fraction of sp³-hybridized carbons (Fsp3) is 0.0208. The van der Waals surface area contributed by atoms with Gasteiger partial charge in [-0.2, -0.15) is 0 Å². The topological polar surface area (TPSA) is 19.7 Å². The molecule has 4 nitrogen and oxygen atoms in total. The lowest BCUT2D eigenvalue weighted by Gasteiger charge is -2.25. The summed E-state index contributed by atoms with van der Waals surface area (Å²) in [5, 5.41) is 15.0. The number of benzene rings is 16. The van der Waals surface area contributed by atoms with Gasteiger partial charge in [0.25, 0.3) is 0 Å². The lowest BCUT2D eigenvalue weighted by Crippen LogP contribution is -2.04. The van der Waals surface area contributed by atoms with E-state index in [0.29, 0.717) is 0 Å². The minimum absolute atomic E-state index is 0.944. The van der Waals surface area contributed by atoms with Crippen molar-refractivity contribution in [3.8, 4) is 78.4 Å². The lowest BCUT2D eigenvalue weighted by molar-refractivity contribution is 0.991. The molecule has 0 fully saturated rings. The van der Waals surface area contributed by atoms with Gasteiger partial charge in [0.2, 0.25) is 0 Å². The number of allylic oxidation sites excluding steroid dienone is 1. The average molecular weight is 1270 g/mol. The van der Waals surface area contributed by atoms with Crippen LogP contribution in [0, 0.1) is 0 Å². The van der Waals surface area contributed by atoms with Gasteiger partial charge in [0.1, 0.15) is 0 Å². The van der Waals surface area contributed by atoms with E-state index in [1.165, 1.54) is 170 Å². The number of fused-ring (bicyclic) bond motifs is 15. The third-order valence-electron chi connectivity index (χ3n) is 21.7. The number of hydrogen-bond donors (Lipinski definition) is 0. The van der Waals surface area contributed by atoms with Crippen molar-refractivity contribution in [2.45, 2.75) is 12.8 Å². The molecule has 4 heteroatoms. The molecule has 0 atom stereocenters. The summed E-state index contributed by atoms with van der Waals surface area (Å²) in [5.41, 5.74) is 29.0. The van der Waals surface area contributed by atoms with Gasteiger partial charge in [0.15, 0.2) is 0 Å². The number of hydrogen-bond acceptors (Lipinski definition) is 0. The van der Waals surface area contributed by atoms with E-state index in [1.807, 2.05) is 0 Å². The highest BCUT2D eigenvalue weighted by Crippen LogP contribution is 2.50. The van der Waals surface area contributed by atoms with Crippen molar-refractivity contribution >= 4 is 115 Å². The normalized spacial score (nSPS) is 12.5. The number of para-hydroxylation sites is 7. The second kappa shape index (κ2) is 22.3. The molecule has 0 unspecified atom stereocenters. The molecule has 0 aliphatic heterocycles. The molecule has 4 aromatic heterocycles. The van der Waals surface area contributed by atoms with Crippen LogP contribution in [0.3, 0.4) is 0 Å². The molecule has 4 heterocycles. The van der Waals surface area contributed by atoms with Crippen molar-refractivity contribution in [3.05, 3.63) is 357 Å². The first-order valence-corrected chi connectivity index (χ1v) is 34.9. The largest absolute Gasteiger partial charge is 0.309 e. The number of aromatic nitrogens is 4. The van der Waals surface area contributed by atoms with Crippen LogP contribution in [0.4, 0.5) is 0 Å². The average Bonchev–Trinajstić information content (AvgIpc) is 1.49. The van der Waals surface area contributed by atoms with E-state index in [9.17, 15) is 0 Å². The first kappa shape index (κ1) is 56.2. The third-order valence-corrected chi connectivity index (χ3v) is 21.7. The first-order chi connectivity index (χ1) is 49.6. The zero-order valence-electron chi connectivity index (χ0n) is 54.7. The summed E-state index contributed by atoms with van der Waals surface area (Å²) in [4.78, 5) is 0. The zero-order chi connectivity index (χ0) is 65.5. The molecule has 16 aromatic carbocycles. The van der Waals surface area contributed by atoms with Gasteiger partial charge in [-0.3, -0.25) is 0 Å². The Balaban J connectivity index is 0.691. The van der Waals surface area contributed by atoms with Crippen LogP contribution >= 0.6 is 0 Å².